The molecule has 5 aromatic rings. The third-order valence-electron chi connectivity index (χ3n) is 4.03. The van der Waals surface area contributed by atoms with Crippen LogP contribution < -0.4 is 0 Å². The molecule has 0 atom stereocenters. The van der Waals surface area contributed by atoms with Crippen LogP contribution in [0.15, 0.2) is 51.5 Å². The fourth-order valence-corrected chi connectivity index (χ4v) is 4.25. The minimum Gasteiger partial charge on any atom is -0.461 e. The minimum atomic E-state index is 0.551. The predicted octanol–water partition coefficient (Wildman–Crippen LogP) is 5.99. The second-order valence-corrected chi connectivity index (χ2v) is 7.67. The highest BCUT2D eigenvalue weighted by Gasteiger charge is 2.19. The van der Waals surface area contributed by atoms with E-state index in [1.807, 2.05) is 31.2 Å². The maximum atomic E-state index is 6.10. The van der Waals surface area contributed by atoms with Crippen molar-refractivity contribution in [1.29, 1.82) is 0 Å². The van der Waals surface area contributed by atoms with Crippen molar-refractivity contribution >= 4 is 39.5 Å². The van der Waals surface area contributed by atoms with Crippen LogP contribution in [0.3, 0.4) is 0 Å². The molecule has 4 heterocycles. The van der Waals surface area contributed by atoms with Crippen LogP contribution in [0.25, 0.3) is 38.4 Å². The van der Waals surface area contributed by atoms with Crippen LogP contribution in [0.1, 0.15) is 5.76 Å². The van der Waals surface area contributed by atoms with Gasteiger partial charge in [-0.15, -0.1) is 10.2 Å². The van der Waals surface area contributed by atoms with Gasteiger partial charge in [-0.2, -0.15) is 9.61 Å². The van der Waals surface area contributed by atoms with Gasteiger partial charge in [0, 0.05) is 15.6 Å². The first kappa shape index (κ1) is 16.6. The Labute approximate surface area is 167 Å². The van der Waals surface area contributed by atoms with Crippen molar-refractivity contribution in [3.63, 3.8) is 0 Å². The number of fused-ring (bicyclic) bond motifs is 1. The number of hydrogen-bond donors (Lipinski definition) is 0. The van der Waals surface area contributed by atoms with Gasteiger partial charge in [0.05, 0.1) is 11.8 Å². The second kappa shape index (κ2) is 6.23. The van der Waals surface area contributed by atoms with Crippen LogP contribution in [0, 0.1) is 6.92 Å². The Hall–Kier alpha value is -2.61. The number of benzene rings is 1. The molecule has 6 nitrogen and oxygen atoms in total. The van der Waals surface area contributed by atoms with Crippen molar-refractivity contribution in [3.05, 3.63) is 58.5 Å². The molecule has 0 fully saturated rings. The summed E-state index contributed by atoms with van der Waals surface area (Å²) in [5, 5.41) is 14.8. The van der Waals surface area contributed by atoms with Crippen molar-refractivity contribution in [3.8, 4) is 33.5 Å². The standard InChI is InChI=1S/C18H10Cl2N4O2S/c1-9-13(8-15(26-9)10-5-11(19)7-12(20)6-10)17-23-24-16(14-3-2-4-25-14)21-22-18(24)27-17/h2-8H,1H3. The lowest BCUT2D eigenvalue weighted by Crippen LogP contribution is -1.89. The van der Waals surface area contributed by atoms with E-state index in [-0.39, 0.29) is 0 Å². The number of aromatic nitrogens is 4. The number of halogens is 2. The maximum Gasteiger partial charge on any atom is 0.235 e. The summed E-state index contributed by atoms with van der Waals surface area (Å²) in [5.74, 6) is 2.58. The number of aryl methyl sites for hydroxylation is 1. The summed E-state index contributed by atoms with van der Waals surface area (Å²) in [6.45, 7) is 1.89. The maximum absolute atomic E-state index is 6.10. The fourth-order valence-electron chi connectivity index (χ4n) is 2.82. The average molecular weight is 417 g/mol. The number of rotatable bonds is 3. The molecular weight excluding hydrogens is 407 g/mol. The highest BCUT2D eigenvalue weighted by atomic mass is 35.5. The van der Waals surface area contributed by atoms with Crippen molar-refractivity contribution in [2.45, 2.75) is 6.92 Å². The fraction of sp³-hybridized carbons (Fsp3) is 0.0556. The third kappa shape index (κ3) is 2.84. The number of hydrogen-bond acceptors (Lipinski definition) is 6. The smallest absolute Gasteiger partial charge is 0.235 e. The van der Waals surface area contributed by atoms with Gasteiger partial charge in [0.25, 0.3) is 0 Å². The molecule has 0 radical (unpaired) electrons. The normalized spacial score (nSPS) is 11.5. The Morgan fingerprint density at radius 2 is 1.85 bits per heavy atom. The monoisotopic (exact) mass is 416 g/mol. The summed E-state index contributed by atoms with van der Waals surface area (Å²) in [7, 11) is 0. The molecule has 0 spiro atoms. The minimum absolute atomic E-state index is 0.551. The van der Waals surface area contributed by atoms with Gasteiger partial charge in [-0.1, -0.05) is 34.5 Å². The molecule has 0 aliphatic carbocycles. The molecule has 4 aromatic heterocycles. The summed E-state index contributed by atoms with van der Waals surface area (Å²) < 4.78 is 13.0. The van der Waals surface area contributed by atoms with E-state index in [1.54, 1.807) is 22.9 Å². The summed E-state index contributed by atoms with van der Waals surface area (Å²) in [5.41, 5.74) is 1.68. The Morgan fingerprint density at radius 1 is 1.04 bits per heavy atom. The molecule has 0 aliphatic rings. The quantitative estimate of drug-likeness (QED) is 0.361. The van der Waals surface area contributed by atoms with Gasteiger partial charge in [0.2, 0.25) is 10.8 Å². The van der Waals surface area contributed by atoms with Crippen LogP contribution in [-0.2, 0) is 0 Å². The molecule has 1 aromatic carbocycles. The molecule has 27 heavy (non-hydrogen) atoms. The molecule has 0 aliphatic heterocycles. The van der Waals surface area contributed by atoms with E-state index in [0.29, 0.717) is 32.4 Å². The Kier molecular flexibility index (Phi) is 3.82. The summed E-state index contributed by atoms with van der Waals surface area (Å²) in [4.78, 5) is 0.671. The van der Waals surface area contributed by atoms with E-state index in [9.17, 15) is 0 Å². The lowest BCUT2D eigenvalue weighted by atomic mass is 10.1. The SMILES string of the molecule is Cc1oc(-c2cc(Cl)cc(Cl)c2)cc1-c1nn2c(-c3ccco3)nnc2s1. The summed E-state index contributed by atoms with van der Waals surface area (Å²) >= 11 is 13.6. The zero-order valence-corrected chi connectivity index (χ0v) is 16.1. The van der Waals surface area contributed by atoms with Crippen molar-refractivity contribution in [2.75, 3.05) is 0 Å². The molecule has 134 valence electrons. The van der Waals surface area contributed by atoms with E-state index < -0.39 is 0 Å². The molecule has 0 N–H and O–H groups in total. The molecule has 9 heteroatoms. The van der Waals surface area contributed by atoms with Gasteiger partial charge in [0.1, 0.15) is 11.5 Å². The summed E-state index contributed by atoms with van der Waals surface area (Å²) in [6, 6.07) is 10.8. The largest absolute Gasteiger partial charge is 0.461 e. The predicted molar refractivity (Wildman–Crippen MR) is 104 cm³/mol. The third-order valence-corrected chi connectivity index (χ3v) is 5.40. The lowest BCUT2D eigenvalue weighted by Gasteiger charge is -1.99. The topological polar surface area (TPSA) is 69.4 Å². The van der Waals surface area contributed by atoms with Crippen molar-refractivity contribution in [2.24, 2.45) is 0 Å². The van der Waals surface area contributed by atoms with Crippen molar-refractivity contribution < 1.29 is 8.83 Å². The molecule has 0 unspecified atom stereocenters. The lowest BCUT2D eigenvalue weighted by molar-refractivity contribution is 0.549. The first-order valence-corrected chi connectivity index (χ1v) is 9.49. The van der Waals surface area contributed by atoms with Crippen LogP contribution in [-0.4, -0.2) is 19.8 Å². The van der Waals surface area contributed by atoms with Gasteiger partial charge < -0.3 is 8.83 Å². The Bertz CT molecular complexity index is 1250. The molecule has 0 saturated carbocycles. The first-order chi connectivity index (χ1) is 13.1. The second-order valence-electron chi connectivity index (χ2n) is 5.84. The van der Waals surface area contributed by atoms with E-state index >= 15 is 0 Å². The zero-order valence-electron chi connectivity index (χ0n) is 13.8. The first-order valence-electron chi connectivity index (χ1n) is 7.92. The summed E-state index contributed by atoms with van der Waals surface area (Å²) in [6.07, 6.45) is 1.59. The zero-order chi connectivity index (χ0) is 18.5. The van der Waals surface area contributed by atoms with E-state index in [1.165, 1.54) is 11.3 Å². The Balaban J connectivity index is 1.60. The molecule has 0 bridgehead atoms. The van der Waals surface area contributed by atoms with Crippen LogP contribution in [0.2, 0.25) is 10.0 Å². The highest BCUT2D eigenvalue weighted by molar-refractivity contribution is 7.19. The molecular formula is C18H10Cl2N4O2S. The molecule has 0 amide bonds. The van der Waals surface area contributed by atoms with Crippen LogP contribution in [0.4, 0.5) is 0 Å². The van der Waals surface area contributed by atoms with Crippen LogP contribution in [0.5, 0.6) is 0 Å². The van der Waals surface area contributed by atoms with Gasteiger partial charge in [-0.25, -0.2) is 0 Å². The van der Waals surface area contributed by atoms with Crippen LogP contribution >= 0.6 is 34.5 Å². The van der Waals surface area contributed by atoms with Crippen molar-refractivity contribution in [1.82, 2.24) is 19.8 Å². The van der Waals surface area contributed by atoms with Gasteiger partial charge >= 0.3 is 0 Å². The number of furan rings is 2. The highest BCUT2D eigenvalue weighted by Crippen LogP contribution is 2.36. The number of nitrogens with zero attached hydrogens (tertiary/aromatic N) is 4. The molecule has 5 rings (SSSR count). The van der Waals surface area contributed by atoms with E-state index in [0.717, 1.165) is 21.9 Å². The Morgan fingerprint density at radius 3 is 2.59 bits per heavy atom. The van der Waals surface area contributed by atoms with Gasteiger partial charge in [-0.3, -0.25) is 0 Å². The van der Waals surface area contributed by atoms with Gasteiger partial charge in [0.15, 0.2) is 10.8 Å². The van der Waals surface area contributed by atoms with E-state index in [2.05, 4.69) is 15.3 Å². The molecule has 0 saturated heterocycles. The average Bonchev–Trinajstić information content (AvgIpc) is 3.37. The van der Waals surface area contributed by atoms with Gasteiger partial charge in [-0.05, 0) is 43.3 Å². The van der Waals surface area contributed by atoms with E-state index in [4.69, 9.17) is 32.0 Å².